The van der Waals surface area contributed by atoms with Crippen LogP contribution in [0.15, 0.2) is 59.3 Å². The number of anilines is 2. The first-order chi connectivity index (χ1) is 18.0. The fraction of sp³-hybridized carbons (Fsp3) is 0.259. The van der Waals surface area contributed by atoms with Crippen molar-refractivity contribution in [3.05, 3.63) is 66.2 Å². The van der Waals surface area contributed by atoms with Crippen LogP contribution in [0.25, 0.3) is 22.2 Å². The van der Waals surface area contributed by atoms with E-state index in [4.69, 9.17) is 14.9 Å². The van der Waals surface area contributed by atoms with Crippen LogP contribution >= 0.6 is 0 Å². The van der Waals surface area contributed by atoms with Gasteiger partial charge in [0.25, 0.3) is 5.91 Å². The molecule has 3 heterocycles. The van der Waals surface area contributed by atoms with Crippen LogP contribution in [0.4, 0.5) is 11.5 Å². The molecule has 0 bridgehead atoms. The molecule has 4 aromatic rings. The summed E-state index contributed by atoms with van der Waals surface area (Å²) >= 11 is 0. The lowest BCUT2D eigenvalue weighted by Crippen LogP contribution is -2.46. The van der Waals surface area contributed by atoms with Gasteiger partial charge in [0.05, 0.1) is 31.7 Å². The summed E-state index contributed by atoms with van der Waals surface area (Å²) in [6.45, 7) is 1.66. The number of nitrogens with two attached hydrogens (primary N) is 1. The first-order valence-electron chi connectivity index (χ1n) is 12.1. The molecule has 2 amide bonds. The summed E-state index contributed by atoms with van der Waals surface area (Å²) in [5, 5.41) is 10.0. The molecule has 10 nitrogen and oxygen atoms in total. The predicted molar refractivity (Wildman–Crippen MR) is 140 cm³/mol. The number of nitrogens with one attached hydrogen (secondary N) is 3. The Bertz CT molecular complexity index is 1440. The number of fused-ring (bicyclic) bond motifs is 1. The number of hydrogen-bond donors (Lipinski definition) is 4. The van der Waals surface area contributed by atoms with Gasteiger partial charge in [-0.3, -0.25) is 9.59 Å². The van der Waals surface area contributed by atoms with Crippen molar-refractivity contribution in [3.8, 4) is 17.0 Å². The van der Waals surface area contributed by atoms with Gasteiger partial charge in [-0.1, -0.05) is 12.1 Å². The Balaban J connectivity index is 1.29. The van der Waals surface area contributed by atoms with Crippen LogP contribution < -0.4 is 26.4 Å². The summed E-state index contributed by atoms with van der Waals surface area (Å²) in [6, 6.07) is 12.7. The SMILES string of the molecule is COc1ccc2c(CC(=O)Nc3cccc(-c4cnc(N)c(C(=O)NC5CCCNC5)n4)c3)coc2c1. The van der Waals surface area contributed by atoms with Crippen molar-refractivity contribution < 1.29 is 18.7 Å². The van der Waals surface area contributed by atoms with Crippen molar-refractivity contribution in [1.29, 1.82) is 0 Å². The van der Waals surface area contributed by atoms with E-state index in [1.54, 1.807) is 37.6 Å². The maximum Gasteiger partial charge on any atom is 0.274 e. The lowest BCUT2D eigenvalue weighted by atomic mass is 10.1. The van der Waals surface area contributed by atoms with Gasteiger partial charge < -0.3 is 30.8 Å². The molecule has 10 heteroatoms. The Morgan fingerprint density at radius 1 is 1.24 bits per heavy atom. The second-order valence-electron chi connectivity index (χ2n) is 8.93. The molecule has 0 spiro atoms. The van der Waals surface area contributed by atoms with Gasteiger partial charge >= 0.3 is 0 Å². The number of benzene rings is 2. The van der Waals surface area contributed by atoms with Crippen molar-refractivity contribution in [1.82, 2.24) is 20.6 Å². The minimum atomic E-state index is -0.352. The summed E-state index contributed by atoms with van der Waals surface area (Å²) in [4.78, 5) is 34.3. The maximum absolute atomic E-state index is 12.8. The fourth-order valence-corrected chi connectivity index (χ4v) is 4.40. The highest BCUT2D eigenvalue weighted by Crippen LogP contribution is 2.27. The summed E-state index contributed by atoms with van der Waals surface area (Å²) in [7, 11) is 1.59. The van der Waals surface area contributed by atoms with Crippen LogP contribution in [-0.4, -0.2) is 48.0 Å². The molecular formula is C27H28N6O4. The molecule has 2 aromatic heterocycles. The number of ether oxygens (including phenoxy) is 1. The first-order valence-corrected chi connectivity index (χ1v) is 12.1. The minimum Gasteiger partial charge on any atom is -0.497 e. The zero-order chi connectivity index (χ0) is 25.8. The molecule has 0 saturated carbocycles. The fourth-order valence-electron chi connectivity index (χ4n) is 4.40. The largest absolute Gasteiger partial charge is 0.497 e. The minimum absolute atomic E-state index is 0.0269. The van der Waals surface area contributed by atoms with E-state index in [9.17, 15) is 9.59 Å². The van der Waals surface area contributed by atoms with Crippen LogP contribution in [0.1, 0.15) is 28.9 Å². The van der Waals surface area contributed by atoms with Crippen LogP contribution in [0, 0.1) is 0 Å². The highest BCUT2D eigenvalue weighted by molar-refractivity contribution is 5.97. The summed E-state index contributed by atoms with van der Waals surface area (Å²) in [6.07, 6.45) is 5.14. The third-order valence-corrected chi connectivity index (χ3v) is 6.30. The summed E-state index contributed by atoms with van der Waals surface area (Å²) in [5.74, 6) is 0.210. The number of nitrogen functional groups attached to an aromatic ring is 1. The van der Waals surface area contributed by atoms with Gasteiger partial charge in [0.1, 0.15) is 11.3 Å². The van der Waals surface area contributed by atoms with Crippen LogP contribution in [0.2, 0.25) is 0 Å². The Morgan fingerprint density at radius 3 is 2.95 bits per heavy atom. The van der Waals surface area contributed by atoms with Gasteiger partial charge in [-0.15, -0.1) is 0 Å². The molecule has 37 heavy (non-hydrogen) atoms. The lowest BCUT2D eigenvalue weighted by Gasteiger charge is -2.23. The number of amides is 2. The van der Waals surface area contributed by atoms with Gasteiger partial charge in [-0.25, -0.2) is 9.97 Å². The molecule has 1 unspecified atom stereocenters. The quantitative estimate of drug-likeness (QED) is 0.303. The van der Waals surface area contributed by atoms with E-state index in [2.05, 4.69) is 25.9 Å². The van der Waals surface area contributed by atoms with E-state index in [0.29, 0.717) is 34.8 Å². The lowest BCUT2D eigenvalue weighted by molar-refractivity contribution is -0.115. The van der Waals surface area contributed by atoms with Gasteiger partial charge in [0.15, 0.2) is 11.5 Å². The number of aromatic nitrogens is 2. The molecule has 2 aromatic carbocycles. The molecule has 190 valence electrons. The maximum atomic E-state index is 12.8. The highest BCUT2D eigenvalue weighted by Gasteiger charge is 2.20. The number of hydrogen-bond acceptors (Lipinski definition) is 8. The smallest absolute Gasteiger partial charge is 0.274 e. The molecule has 0 radical (unpaired) electrons. The van der Waals surface area contributed by atoms with E-state index in [1.807, 2.05) is 18.2 Å². The van der Waals surface area contributed by atoms with Crippen molar-refractivity contribution in [2.45, 2.75) is 25.3 Å². The third kappa shape index (κ3) is 5.54. The Hall–Kier alpha value is -4.44. The van der Waals surface area contributed by atoms with Gasteiger partial charge in [-0.05, 0) is 43.7 Å². The van der Waals surface area contributed by atoms with Gasteiger partial charge in [-0.2, -0.15) is 0 Å². The van der Waals surface area contributed by atoms with Crippen molar-refractivity contribution in [2.24, 2.45) is 0 Å². The van der Waals surface area contributed by atoms with E-state index in [1.165, 1.54) is 6.20 Å². The number of methoxy groups -OCH3 is 1. The number of furan rings is 1. The number of piperidine rings is 1. The number of nitrogens with zero attached hydrogens (tertiary/aromatic N) is 2. The average Bonchev–Trinajstić information content (AvgIpc) is 3.31. The zero-order valence-corrected chi connectivity index (χ0v) is 20.4. The van der Waals surface area contributed by atoms with Gasteiger partial charge in [0, 0.05) is 40.9 Å². The van der Waals surface area contributed by atoms with Gasteiger partial charge in [0.2, 0.25) is 5.91 Å². The third-order valence-electron chi connectivity index (χ3n) is 6.30. The molecule has 1 saturated heterocycles. The van der Waals surface area contributed by atoms with E-state index in [0.717, 1.165) is 30.3 Å². The molecule has 1 aliphatic heterocycles. The average molecular weight is 501 g/mol. The predicted octanol–water partition coefficient (Wildman–Crippen LogP) is 3.14. The second kappa shape index (κ2) is 10.7. The molecule has 1 atom stereocenters. The monoisotopic (exact) mass is 500 g/mol. The van der Waals surface area contributed by atoms with Crippen LogP contribution in [0.3, 0.4) is 0 Å². The normalized spacial score (nSPS) is 15.3. The molecule has 1 aliphatic rings. The standard InChI is InChI=1S/C27H28N6O4/c1-36-20-7-8-21-17(15-37-23(21)12-20)11-24(34)31-18-5-2-4-16(10-18)22-14-30-26(28)25(33-22)27(35)32-19-6-3-9-29-13-19/h2,4-5,7-8,10,12,14-15,19,29H,3,6,9,11,13H2,1H3,(H2,28,30)(H,31,34)(H,32,35). The Labute approximate surface area is 213 Å². The molecule has 5 rings (SSSR count). The topological polar surface area (TPSA) is 144 Å². The summed E-state index contributed by atoms with van der Waals surface area (Å²) < 4.78 is 10.8. The zero-order valence-electron chi connectivity index (χ0n) is 20.4. The van der Waals surface area contributed by atoms with E-state index in [-0.39, 0.29) is 35.8 Å². The Kier molecular flexibility index (Phi) is 7.00. The molecular weight excluding hydrogens is 472 g/mol. The van der Waals surface area contributed by atoms with E-state index >= 15 is 0 Å². The molecule has 0 aliphatic carbocycles. The second-order valence-corrected chi connectivity index (χ2v) is 8.93. The van der Waals surface area contributed by atoms with Crippen molar-refractivity contribution >= 4 is 34.3 Å². The first kappa shape index (κ1) is 24.3. The van der Waals surface area contributed by atoms with E-state index < -0.39 is 0 Å². The van der Waals surface area contributed by atoms with Crippen LogP contribution in [0.5, 0.6) is 5.75 Å². The van der Waals surface area contributed by atoms with Crippen molar-refractivity contribution in [3.63, 3.8) is 0 Å². The number of rotatable bonds is 7. The molecule has 5 N–H and O–H groups in total. The number of carbonyl (C=O) groups is 2. The highest BCUT2D eigenvalue weighted by atomic mass is 16.5. The van der Waals surface area contributed by atoms with Crippen LogP contribution in [-0.2, 0) is 11.2 Å². The van der Waals surface area contributed by atoms with Crippen molar-refractivity contribution in [2.75, 3.05) is 31.2 Å². The summed E-state index contributed by atoms with van der Waals surface area (Å²) in [5.41, 5.74) is 9.25. The molecule has 1 fully saturated rings. The number of carbonyl (C=O) groups excluding carboxylic acids is 2. The Morgan fingerprint density at radius 2 is 2.14 bits per heavy atom.